The number of benzene rings is 1. The number of nitrogens with zero attached hydrogens (tertiary/aromatic N) is 3. The zero-order valence-corrected chi connectivity index (χ0v) is 15.1. The van der Waals surface area contributed by atoms with Crippen LogP contribution in [0.2, 0.25) is 10.0 Å². The highest BCUT2D eigenvalue weighted by Crippen LogP contribution is 2.38. The molecule has 3 heterocycles. The quantitative estimate of drug-likeness (QED) is 0.886. The van der Waals surface area contributed by atoms with Crippen LogP contribution in [-0.4, -0.2) is 47.0 Å². The highest BCUT2D eigenvalue weighted by Gasteiger charge is 2.47. The second-order valence-electron chi connectivity index (χ2n) is 6.66. The van der Waals surface area contributed by atoms with Crippen molar-refractivity contribution in [1.29, 1.82) is 0 Å². The number of rotatable bonds is 3. The lowest BCUT2D eigenvalue weighted by Gasteiger charge is -2.46. The van der Waals surface area contributed by atoms with Crippen LogP contribution in [0, 0.1) is 5.41 Å². The molecule has 25 heavy (non-hydrogen) atoms. The number of nitrogens with one attached hydrogen (secondary N) is 1. The lowest BCUT2D eigenvalue weighted by atomic mass is 9.79. The van der Waals surface area contributed by atoms with Crippen molar-refractivity contribution in [2.24, 2.45) is 5.41 Å². The summed E-state index contributed by atoms with van der Waals surface area (Å²) in [6.45, 7) is 3.41. The van der Waals surface area contributed by atoms with Crippen molar-refractivity contribution in [1.82, 2.24) is 14.7 Å². The van der Waals surface area contributed by atoms with Crippen molar-refractivity contribution in [3.63, 3.8) is 0 Å². The number of halogens is 2. The predicted octanol–water partition coefficient (Wildman–Crippen LogP) is 3.49. The molecule has 2 amide bonds. The van der Waals surface area contributed by atoms with Gasteiger partial charge in [-0.1, -0.05) is 29.3 Å². The van der Waals surface area contributed by atoms with E-state index in [1.807, 2.05) is 0 Å². The third kappa shape index (κ3) is 3.21. The lowest BCUT2D eigenvalue weighted by molar-refractivity contribution is 0.0255. The van der Waals surface area contributed by atoms with Gasteiger partial charge in [-0.05, 0) is 18.6 Å². The number of amides is 2. The SMILES string of the molecule is O=C(Nc1ccnn1Cc1c(Cl)cccc1Cl)N1CC2(CCOC2)C1. The van der Waals surface area contributed by atoms with Crippen molar-refractivity contribution in [2.45, 2.75) is 13.0 Å². The first-order valence-corrected chi connectivity index (χ1v) is 8.90. The van der Waals surface area contributed by atoms with Crippen LogP contribution >= 0.6 is 23.2 Å². The molecule has 2 aliphatic heterocycles. The van der Waals surface area contributed by atoms with Crippen LogP contribution < -0.4 is 5.32 Å². The van der Waals surface area contributed by atoms with Crippen LogP contribution in [0.3, 0.4) is 0 Å². The van der Waals surface area contributed by atoms with Crippen molar-refractivity contribution < 1.29 is 9.53 Å². The van der Waals surface area contributed by atoms with E-state index in [1.54, 1.807) is 40.0 Å². The van der Waals surface area contributed by atoms with E-state index in [-0.39, 0.29) is 11.4 Å². The number of likely N-dealkylation sites (tertiary alicyclic amines) is 1. The molecule has 8 heteroatoms. The van der Waals surface area contributed by atoms with Gasteiger partial charge < -0.3 is 9.64 Å². The van der Waals surface area contributed by atoms with Gasteiger partial charge in [-0.15, -0.1) is 0 Å². The third-order valence-electron chi connectivity index (χ3n) is 4.85. The minimum Gasteiger partial charge on any atom is -0.381 e. The van der Waals surface area contributed by atoms with Crippen LogP contribution in [0.15, 0.2) is 30.5 Å². The van der Waals surface area contributed by atoms with Crippen molar-refractivity contribution in [3.8, 4) is 0 Å². The van der Waals surface area contributed by atoms with Crippen LogP contribution in [0.5, 0.6) is 0 Å². The summed E-state index contributed by atoms with van der Waals surface area (Å²) in [7, 11) is 0. The molecule has 0 unspecified atom stereocenters. The molecule has 2 fully saturated rings. The van der Waals surface area contributed by atoms with Gasteiger partial charge >= 0.3 is 6.03 Å². The van der Waals surface area contributed by atoms with Gasteiger partial charge in [-0.25, -0.2) is 9.48 Å². The van der Waals surface area contributed by atoms with E-state index in [0.717, 1.165) is 38.3 Å². The van der Waals surface area contributed by atoms with E-state index in [0.29, 0.717) is 22.4 Å². The van der Waals surface area contributed by atoms with Crippen LogP contribution in [0.1, 0.15) is 12.0 Å². The Hall–Kier alpha value is -1.76. The highest BCUT2D eigenvalue weighted by atomic mass is 35.5. The number of aromatic nitrogens is 2. The maximum Gasteiger partial charge on any atom is 0.323 e. The average Bonchev–Trinajstić information content (AvgIpc) is 3.19. The molecule has 1 N–H and O–H groups in total. The highest BCUT2D eigenvalue weighted by molar-refractivity contribution is 6.35. The van der Waals surface area contributed by atoms with E-state index in [1.165, 1.54) is 0 Å². The summed E-state index contributed by atoms with van der Waals surface area (Å²) >= 11 is 12.4. The molecule has 132 valence electrons. The fourth-order valence-electron chi connectivity index (χ4n) is 3.39. The Labute approximate surface area is 155 Å². The molecule has 0 radical (unpaired) electrons. The van der Waals surface area contributed by atoms with E-state index in [9.17, 15) is 4.79 Å². The van der Waals surface area contributed by atoms with Crippen LogP contribution in [0.4, 0.5) is 10.6 Å². The summed E-state index contributed by atoms with van der Waals surface area (Å²) < 4.78 is 7.13. The van der Waals surface area contributed by atoms with Crippen LogP contribution in [0.25, 0.3) is 0 Å². The summed E-state index contributed by atoms with van der Waals surface area (Å²) in [5.41, 5.74) is 0.943. The molecule has 2 aliphatic rings. The summed E-state index contributed by atoms with van der Waals surface area (Å²) in [4.78, 5) is 14.3. The zero-order valence-electron chi connectivity index (χ0n) is 13.5. The normalized spacial score (nSPS) is 18.4. The molecular formula is C17H18Cl2N4O2. The molecule has 6 nitrogen and oxygen atoms in total. The summed E-state index contributed by atoms with van der Waals surface area (Å²) in [6, 6.07) is 7.01. The Bertz CT molecular complexity index is 773. The first-order valence-electron chi connectivity index (χ1n) is 8.15. The number of urea groups is 1. The molecule has 1 aromatic heterocycles. The number of ether oxygens (including phenoxy) is 1. The smallest absolute Gasteiger partial charge is 0.323 e. The Morgan fingerprint density at radius 3 is 2.72 bits per heavy atom. The van der Waals surface area contributed by atoms with E-state index in [2.05, 4.69) is 10.4 Å². The second-order valence-corrected chi connectivity index (χ2v) is 7.48. The summed E-state index contributed by atoms with van der Waals surface area (Å²) in [6.07, 6.45) is 2.67. The molecule has 2 saturated heterocycles. The molecule has 0 atom stereocenters. The minimum absolute atomic E-state index is 0.121. The number of hydrogen-bond donors (Lipinski definition) is 1. The molecule has 4 rings (SSSR count). The molecule has 0 bridgehead atoms. The minimum atomic E-state index is -0.121. The van der Waals surface area contributed by atoms with Gasteiger partial charge in [-0.2, -0.15) is 5.10 Å². The zero-order chi connectivity index (χ0) is 17.4. The number of carbonyl (C=O) groups excluding carboxylic acids is 1. The fourth-order valence-corrected chi connectivity index (χ4v) is 3.91. The maximum absolute atomic E-state index is 12.5. The van der Waals surface area contributed by atoms with Gasteiger partial charge in [0.1, 0.15) is 5.82 Å². The average molecular weight is 381 g/mol. The number of hydrogen-bond acceptors (Lipinski definition) is 3. The first kappa shape index (κ1) is 16.7. The molecule has 1 spiro atoms. The molecule has 1 aromatic carbocycles. The standard InChI is InChI=1S/C17H18Cl2N4O2/c18-13-2-1-3-14(19)12(13)8-23-15(4-6-20-23)21-16(24)22-9-17(10-22)5-7-25-11-17/h1-4,6H,5,7-11H2,(H,21,24). The van der Waals surface area contributed by atoms with Gasteiger partial charge in [0, 0.05) is 46.8 Å². The third-order valence-corrected chi connectivity index (χ3v) is 5.55. The maximum atomic E-state index is 12.5. The first-order chi connectivity index (χ1) is 12.1. The number of anilines is 1. The summed E-state index contributed by atoms with van der Waals surface area (Å²) in [5.74, 6) is 0.615. The summed E-state index contributed by atoms with van der Waals surface area (Å²) in [5, 5.41) is 8.34. The second kappa shape index (κ2) is 6.52. The Balaban J connectivity index is 1.43. The van der Waals surface area contributed by atoms with Crippen LogP contribution in [-0.2, 0) is 11.3 Å². The number of carbonyl (C=O) groups is 1. The Kier molecular flexibility index (Phi) is 4.35. The molecule has 0 saturated carbocycles. The Morgan fingerprint density at radius 1 is 1.28 bits per heavy atom. The molecule has 0 aliphatic carbocycles. The monoisotopic (exact) mass is 380 g/mol. The van der Waals surface area contributed by atoms with Gasteiger partial charge in [0.15, 0.2) is 0 Å². The van der Waals surface area contributed by atoms with Gasteiger partial charge in [0.05, 0.1) is 19.3 Å². The van der Waals surface area contributed by atoms with Gasteiger partial charge in [0.2, 0.25) is 0 Å². The van der Waals surface area contributed by atoms with E-state index in [4.69, 9.17) is 27.9 Å². The molecular weight excluding hydrogens is 363 g/mol. The van der Waals surface area contributed by atoms with Crippen molar-refractivity contribution >= 4 is 35.1 Å². The fraction of sp³-hybridized carbons (Fsp3) is 0.412. The molecule has 2 aromatic rings. The van der Waals surface area contributed by atoms with E-state index >= 15 is 0 Å². The Morgan fingerprint density at radius 2 is 2.04 bits per heavy atom. The van der Waals surface area contributed by atoms with E-state index < -0.39 is 0 Å². The lowest BCUT2D eigenvalue weighted by Crippen LogP contribution is -2.59. The largest absolute Gasteiger partial charge is 0.381 e. The van der Waals surface area contributed by atoms with Gasteiger partial charge in [-0.3, -0.25) is 5.32 Å². The van der Waals surface area contributed by atoms with Crippen molar-refractivity contribution in [3.05, 3.63) is 46.1 Å². The van der Waals surface area contributed by atoms with Crippen molar-refractivity contribution in [2.75, 3.05) is 31.6 Å². The predicted molar refractivity (Wildman–Crippen MR) is 96.3 cm³/mol. The van der Waals surface area contributed by atoms with Gasteiger partial charge in [0.25, 0.3) is 0 Å². The topological polar surface area (TPSA) is 59.4 Å².